The summed E-state index contributed by atoms with van der Waals surface area (Å²) < 4.78 is 22.3. The van der Waals surface area contributed by atoms with Gasteiger partial charge in [0, 0.05) is 19.1 Å². The molecule has 0 bridgehead atoms. The van der Waals surface area contributed by atoms with E-state index in [1.807, 2.05) is 12.1 Å². The summed E-state index contributed by atoms with van der Waals surface area (Å²) in [6, 6.07) is 5.61. The van der Waals surface area contributed by atoms with Gasteiger partial charge in [0.15, 0.2) is 9.84 Å². The fraction of sp³-hybridized carbons (Fsp3) is 0.417. The van der Waals surface area contributed by atoms with Crippen molar-refractivity contribution >= 4 is 15.6 Å². The predicted molar refractivity (Wildman–Crippen MR) is 62.0 cm³/mol. The van der Waals surface area contributed by atoms with Gasteiger partial charge in [-0.05, 0) is 23.1 Å². The standard InChI is InChI=1S/C12H14O3S/c1-16(14,15)8-9-2-3-11-7-12(13)5-4-10(11)6-9/h2-3,6H,4-5,7-8H2,1H3. The third kappa shape index (κ3) is 2.70. The number of aryl methyl sites for hydroxylation is 1. The van der Waals surface area contributed by atoms with Crippen LogP contribution in [0.15, 0.2) is 18.2 Å². The Kier molecular flexibility index (Phi) is 2.84. The molecule has 1 aliphatic carbocycles. The maximum atomic E-state index is 11.2. The highest BCUT2D eigenvalue weighted by Crippen LogP contribution is 2.21. The summed E-state index contributed by atoms with van der Waals surface area (Å²) >= 11 is 0. The Labute approximate surface area is 95.4 Å². The summed E-state index contributed by atoms with van der Waals surface area (Å²) in [6.07, 6.45) is 3.05. The predicted octanol–water partition coefficient (Wildman–Crippen LogP) is 1.29. The van der Waals surface area contributed by atoms with E-state index < -0.39 is 9.84 Å². The second kappa shape index (κ2) is 4.01. The van der Waals surface area contributed by atoms with Crippen molar-refractivity contribution in [3.63, 3.8) is 0 Å². The van der Waals surface area contributed by atoms with E-state index in [0.717, 1.165) is 23.1 Å². The van der Waals surface area contributed by atoms with Gasteiger partial charge in [-0.25, -0.2) is 8.42 Å². The Hall–Kier alpha value is -1.16. The van der Waals surface area contributed by atoms with Crippen molar-refractivity contribution < 1.29 is 13.2 Å². The monoisotopic (exact) mass is 238 g/mol. The van der Waals surface area contributed by atoms with Crippen LogP contribution < -0.4 is 0 Å². The van der Waals surface area contributed by atoms with Gasteiger partial charge in [-0.2, -0.15) is 0 Å². The molecule has 3 nitrogen and oxygen atoms in total. The Bertz CT molecular complexity index is 529. The molecule has 0 fully saturated rings. The van der Waals surface area contributed by atoms with E-state index in [9.17, 15) is 13.2 Å². The molecule has 0 saturated heterocycles. The number of carbonyl (C=O) groups is 1. The van der Waals surface area contributed by atoms with Crippen LogP contribution in [0.5, 0.6) is 0 Å². The average Bonchev–Trinajstić information content (AvgIpc) is 2.16. The number of rotatable bonds is 2. The van der Waals surface area contributed by atoms with Crippen LogP contribution in [0, 0.1) is 0 Å². The largest absolute Gasteiger partial charge is 0.299 e. The minimum absolute atomic E-state index is 0.0776. The zero-order valence-electron chi connectivity index (χ0n) is 9.19. The highest BCUT2D eigenvalue weighted by atomic mass is 32.2. The zero-order valence-corrected chi connectivity index (χ0v) is 10.0. The highest BCUT2D eigenvalue weighted by molar-refractivity contribution is 7.89. The van der Waals surface area contributed by atoms with Crippen LogP contribution in [0.3, 0.4) is 0 Å². The lowest BCUT2D eigenvalue weighted by molar-refractivity contribution is -0.118. The highest BCUT2D eigenvalue weighted by Gasteiger charge is 2.16. The van der Waals surface area contributed by atoms with Gasteiger partial charge in [-0.3, -0.25) is 4.79 Å². The Morgan fingerprint density at radius 1 is 1.19 bits per heavy atom. The molecule has 0 N–H and O–H groups in total. The van der Waals surface area contributed by atoms with Gasteiger partial charge in [0.2, 0.25) is 0 Å². The van der Waals surface area contributed by atoms with Crippen LogP contribution in [0.1, 0.15) is 23.1 Å². The third-order valence-corrected chi connectivity index (χ3v) is 3.62. The lowest BCUT2D eigenvalue weighted by atomic mass is 9.90. The summed E-state index contributed by atoms with van der Waals surface area (Å²) in [5.41, 5.74) is 2.99. The van der Waals surface area contributed by atoms with Crippen LogP contribution in [-0.2, 0) is 33.2 Å². The molecule has 0 radical (unpaired) electrons. The molecule has 1 aromatic rings. The first-order valence-corrected chi connectivity index (χ1v) is 7.30. The second-order valence-corrected chi connectivity index (χ2v) is 6.53. The molecule has 0 aliphatic heterocycles. The number of sulfone groups is 1. The molecule has 2 rings (SSSR count). The first-order chi connectivity index (χ1) is 7.44. The summed E-state index contributed by atoms with van der Waals surface area (Å²) in [4.78, 5) is 11.2. The molecule has 86 valence electrons. The Morgan fingerprint density at radius 2 is 1.94 bits per heavy atom. The fourth-order valence-corrected chi connectivity index (χ4v) is 2.84. The van der Waals surface area contributed by atoms with Gasteiger partial charge in [-0.15, -0.1) is 0 Å². The average molecular weight is 238 g/mol. The normalized spacial score (nSPS) is 15.9. The lowest BCUT2D eigenvalue weighted by Gasteiger charge is -2.15. The molecule has 0 amide bonds. The maximum absolute atomic E-state index is 11.2. The summed E-state index contributed by atoms with van der Waals surface area (Å²) in [5, 5.41) is 0. The number of hydrogen-bond acceptors (Lipinski definition) is 3. The van der Waals surface area contributed by atoms with Gasteiger partial charge in [-0.1, -0.05) is 18.2 Å². The van der Waals surface area contributed by atoms with Crippen LogP contribution in [-0.4, -0.2) is 20.5 Å². The molecule has 0 atom stereocenters. The smallest absolute Gasteiger partial charge is 0.151 e. The van der Waals surface area contributed by atoms with Crippen molar-refractivity contribution in [1.82, 2.24) is 0 Å². The van der Waals surface area contributed by atoms with Gasteiger partial charge < -0.3 is 0 Å². The van der Waals surface area contributed by atoms with E-state index in [0.29, 0.717) is 12.8 Å². The molecule has 0 heterocycles. The quantitative estimate of drug-likeness (QED) is 0.780. The number of fused-ring (bicyclic) bond motifs is 1. The zero-order chi connectivity index (χ0) is 11.8. The van der Waals surface area contributed by atoms with E-state index in [1.54, 1.807) is 6.07 Å². The van der Waals surface area contributed by atoms with Gasteiger partial charge in [0.05, 0.1) is 5.75 Å². The molecular formula is C12H14O3S. The minimum atomic E-state index is -2.98. The van der Waals surface area contributed by atoms with Crippen LogP contribution in [0.4, 0.5) is 0 Å². The van der Waals surface area contributed by atoms with Crippen LogP contribution in [0.25, 0.3) is 0 Å². The number of benzene rings is 1. The molecule has 1 aliphatic rings. The summed E-state index contributed by atoms with van der Waals surface area (Å²) in [7, 11) is -2.98. The molecule has 0 spiro atoms. The number of carbonyl (C=O) groups excluding carboxylic acids is 1. The van der Waals surface area contributed by atoms with Crippen molar-refractivity contribution in [2.24, 2.45) is 0 Å². The topological polar surface area (TPSA) is 51.2 Å². The molecule has 0 saturated carbocycles. The van der Waals surface area contributed by atoms with Crippen molar-refractivity contribution in [1.29, 1.82) is 0 Å². The van der Waals surface area contributed by atoms with Gasteiger partial charge in [0.1, 0.15) is 5.78 Å². The molecule has 4 heteroatoms. The molecule has 1 aromatic carbocycles. The van der Waals surface area contributed by atoms with Crippen LogP contribution >= 0.6 is 0 Å². The van der Waals surface area contributed by atoms with E-state index in [2.05, 4.69) is 0 Å². The number of hydrogen-bond donors (Lipinski definition) is 0. The summed E-state index contributed by atoms with van der Waals surface area (Å²) in [6.45, 7) is 0. The minimum Gasteiger partial charge on any atom is -0.299 e. The van der Waals surface area contributed by atoms with Gasteiger partial charge in [0.25, 0.3) is 0 Å². The first kappa shape index (κ1) is 11.3. The van der Waals surface area contributed by atoms with E-state index in [4.69, 9.17) is 0 Å². The lowest BCUT2D eigenvalue weighted by Crippen LogP contribution is -2.13. The molecule has 0 aromatic heterocycles. The third-order valence-electron chi connectivity index (χ3n) is 2.76. The number of Topliss-reactive ketones (excluding diaryl/α,β-unsaturated/α-hetero) is 1. The van der Waals surface area contributed by atoms with Crippen LogP contribution in [0.2, 0.25) is 0 Å². The van der Waals surface area contributed by atoms with E-state index in [-0.39, 0.29) is 11.5 Å². The molecule has 0 unspecified atom stereocenters. The van der Waals surface area contributed by atoms with Gasteiger partial charge >= 0.3 is 0 Å². The second-order valence-electron chi connectivity index (χ2n) is 4.39. The van der Waals surface area contributed by atoms with Crippen molar-refractivity contribution in [3.05, 3.63) is 34.9 Å². The number of ketones is 1. The SMILES string of the molecule is CS(=O)(=O)Cc1ccc2c(c1)CCC(=O)C2. The molecular weight excluding hydrogens is 224 g/mol. The fourth-order valence-electron chi connectivity index (χ4n) is 2.05. The maximum Gasteiger partial charge on any atom is 0.151 e. The van der Waals surface area contributed by atoms with Crippen molar-refractivity contribution in [2.75, 3.05) is 6.26 Å². The Balaban J connectivity index is 2.30. The van der Waals surface area contributed by atoms with E-state index in [1.165, 1.54) is 6.26 Å². The first-order valence-electron chi connectivity index (χ1n) is 5.24. The van der Waals surface area contributed by atoms with Crippen molar-refractivity contribution in [2.45, 2.75) is 25.0 Å². The van der Waals surface area contributed by atoms with E-state index >= 15 is 0 Å². The summed E-state index contributed by atoms with van der Waals surface area (Å²) in [5.74, 6) is 0.345. The molecule has 16 heavy (non-hydrogen) atoms. The Morgan fingerprint density at radius 3 is 2.62 bits per heavy atom. The van der Waals surface area contributed by atoms with Crippen molar-refractivity contribution in [3.8, 4) is 0 Å².